The van der Waals surface area contributed by atoms with E-state index in [2.05, 4.69) is 4.90 Å². The lowest BCUT2D eigenvalue weighted by atomic mass is 9.91. The number of anilines is 1. The second-order valence-electron chi connectivity index (χ2n) is 15.7. The fourth-order valence-corrected chi connectivity index (χ4v) is 7.37. The molecule has 0 bridgehead atoms. The van der Waals surface area contributed by atoms with Crippen molar-refractivity contribution in [3.8, 4) is 23.0 Å². The van der Waals surface area contributed by atoms with Gasteiger partial charge in [-0.05, 0) is 69.5 Å². The molecule has 10 nitrogen and oxygen atoms in total. The van der Waals surface area contributed by atoms with E-state index in [-0.39, 0.29) is 25.2 Å². The van der Waals surface area contributed by atoms with Gasteiger partial charge in [-0.1, -0.05) is 60.7 Å². The number of carbonyl (C=O) groups is 1. The van der Waals surface area contributed by atoms with Gasteiger partial charge in [0.2, 0.25) is 11.8 Å². The molecule has 2 aliphatic heterocycles. The van der Waals surface area contributed by atoms with E-state index in [0.717, 1.165) is 27.7 Å². The number of halogens is 2. The Labute approximate surface area is 321 Å². The second-order valence-corrected chi connectivity index (χ2v) is 15.7. The van der Waals surface area contributed by atoms with Crippen LogP contribution in [-0.2, 0) is 25.0 Å². The van der Waals surface area contributed by atoms with Gasteiger partial charge in [-0.25, -0.2) is 13.6 Å². The van der Waals surface area contributed by atoms with E-state index in [1.807, 2.05) is 126 Å². The molecule has 1 amide bonds. The van der Waals surface area contributed by atoms with Crippen LogP contribution >= 0.6 is 0 Å². The Hall–Kier alpha value is -5.23. The molecule has 2 aliphatic rings. The average molecular weight is 753 g/mol. The third-order valence-corrected chi connectivity index (χ3v) is 10.4. The lowest BCUT2D eigenvalue weighted by Gasteiger charge is -2.45. The highest BCUT2D eigenvalue weighted by atomic mass is 19.3. The zero-order valence-corrected chi connectivity index (χ0v) is 32.3. The Morgan fingerprint density at radius 3 is 2.24 bits per heavy atom. The molecule has 0 saturated carbocycles. The molecule has 2 aromatic heterocycles. The van der Waals surface area contributed by atoms with Crippen molar-refractivity contribution in [1.82, 2.24) is 24.6 Å². The number of benzene rings is 3. The van der Waals surface area contributed by atoms with E-state index >= 15 is 8.78 Å². The van der Waals surface area contributed by atoms with Crippen LogP contribution in [-0.4, -0.2) is 87.5 Å². The maximum absolute atomic E-state index is 15.9. The van der Waals surface area contributed by atoms with Crippen molar-refractivity contribution in [3.05, 3.63) is 102 Å². The average Bonchev–Trinajstić information content (AvgIpc) is 3.49. The molecule has 0 radical (unpaired) electrons. The Morgan fingerprint density at radius 2 is 1.58 bits per heavy atom. The van der Waals surface area contributed by atoms with Crippen LogP contribution in [0.5, 0.6) is 11.8 Å². The van der Waals surface area contributed by atoms with Gasteiger partial charge in [0.25, 0.3) is 5.92 Å². The number of piperidine rings is 1. The number of amides is 1. The maximum atomic E-state index is 15.9. The van der Waals surface area contributed by atoms with Crippen molar-refractivity contribution in [1.29, 1.82) is 0 Å². The number of ether oxygens (including phenoxy) is 3. The fraction of sp³-hybridized carbons (Fsp3) is 0.419. The Balaban J connectivity index is 1.06. The minimum atomic E-state index is -2.90. The first-order chi connectivity index (χ1) is 26.3. The highest BCUT2D eigenvalue weighted by Gasteiger charge is 2.46. The van der Waals surface area contributed by atoms with Crippen molar-refractivity contribution >= 4 is 22.7 Å². The van der Waals surface area contributed by atoms with E-state index in [1.165, 1.54) is 0 Å². The molecular weight excluding hydrogens is 703 g/mol. The summed E-state index contributed by atoms with van der Waals surface area (Å²) in [5.41, 5.74) is 4.36. The SMILES string of the molecule is C[C@H]1CN(C(=O)OC(C)(C)C)CCN1CC1CCN(c2ccc3c(-c4ccc(OCc5ccccc5)nc4OCc4ccccc4)nn(C)c3c2)CC1(F)F. The van der Waals surface area contributed by atoms with Gasteiger partial charge >= 0.3 is 6.09 Å². The van der Waals surface area contributed by atoms with Crippen LogP contribution in [0.4, 0.5) is 19.3 Å². The molecule has 1 unspecified atom stereocenters. The van der Waals surface area contributed by atoms with Gasteiger partial charge in [0.1, 0.15) is 24.5 Å². The second kappa shape index (κ2) is 15.9. The van der Waals surface area contributed by atoms with E-state index in [0.29, 0.717) is 68.8 Å². The number of nitrogens with zero attached hydrogens (tertiary/aromatic N) is 6. The normalized spacial score (nSPS) is 19.0. The molecule has 3 aromatic carbocycles. The van der Waals surface area contributed by atoms with Gasteiger partial charge in [0, 0.05) is 68.9 Å². The van der Waals surface area contributed by atoms with Crippen LogP contribution in [0, 0.1) is 5.92 Å². The van der Waals surface area contributed by atoms with Gasteiger partial charge in [-0.3, -0.25) is 9.58 Å². The predicted octanol–water partition coefficient (Wildman–Crippen LogP) is 8.20. The molecule has 4 heterocycles. The number of fused-ring (bicyclic) bond motifs is 1. The largest absolute Gasteiger partial charge is 0.473 e. The molecule has 2 atom stereocenters. The fourth-order valence-electron chi connectivity index (χ4n) is 7.37. The molecule has 0 N–H and O–H groups in total. The number of hydrogen-bond acceptors (Lipinski definition) is 8. The third kappa shape index (κ3) is 9.02. The van der Waals surface area contributed by atoms with Gasteiger partial charge in [-0.15, -0.1) is 0 Å². The molecule has 2 fully saturated rings. The molecule has 55 heavy (non-hydrogen) atoms. The van der Waals surface area contributed by atoms with E-state index in [1.54, 1.807) is 14.5 Å². The smallest absolute Gasteiger partial charge is 0.410 e. The summed E-state index contributed by atoms with van der Waals surface area (Å²) in [7, 11) is 1.86. The van der Waals surface area contributed by atoms with Crippen LogP contribution in [0.3, 0.4) is 0 Å². The summed E-state index contributed by atoms with van der Waals surface area (Å²) >= 11 is 0. The highest BCUT2D eigenvalue weighted by Crippen LogP contribution is 2.39. The summed E-state index contributed by atoms with van der Waals surface area (Å²) in [5, 5.41) is 5.74. The Bertz CT molecular complexity index is 2090. The summed E-state index contributed by atoms with van der Waals surface area (Å²) in [6.07, 6.45) is -0.00153. The zero-order chi connectivity index (χ0) is 38.7. The number of carbonyl (C=O) groups excluding carboxylic acids is 1. The number of aromatic nitrogens is 3. The lowest BCUT2D eigenvalue weighted by Crippen LogP contribution is -2.58. The standard InChI is InChI=1S/C43H50F2N6O4/c1-30-25-50(41(52)55-42(2,3)4)23-22-49(30)26-33-20-21-51(29-43(33,44)45)34-16-17-35-37(24-34)48(5)47-39(35)36-18-19-38(53-27-31-12-8-6-9-13-31)46-40(36)54-28-32-14-10-7-11-15-32/h6-19,24,30,33H,20-23,25-29H2,1-5H3/t30-,33?/m0/s1. The van der Waals surface area contributed by atoms with Crippen LogP contribution in [0.25, 0.3) is 22.2 Å². The minimum Gasteiger partial charge on any atom is -0.473 e. The first-order valence-corrected chi connectivity index (χ1v) is 19.0. The molecule has 5 aromatic rings. The summed E-state index contributed by atoms with van der Waals surface area (Å²) < 4.78 is 51.5. The minimum absolute atomic E-state index is 0.0472. The molecular formula is C43H50F2N6O4. The number of piperazine rings is 1. The van der Waals surface area contributed by atoms with Crippen molar-refractivity contribution < 1.29 is 27.8 Å². The maximum Gasteiger partial charge on any atom is 0.410 e. The van der Waals surface area contributed by atoms with Gasteiger partial charge in [0.15, 0.2) is 0 Å². The predicted molar refractivity (Wildman–Crippen MR) is 210 cm³/mol. The number of aryl methyl sites for hydroxylation is 1. The number of rotatable bonds is 10. The number of pyridine rings is 1. The molecule has 7 rings (SSSR count). The number of alkyl halides is 2. The zero-order valence-electron chi connectivity index (χ0n) is 32.3. The van der Waals surface area contributed by atoms with Crippen LogP contribution in [0.1, 0.15) is 45.2 Å². The van der Waals surface area contributed by atoms with Crippen LogP contribution < -0.4 is 14.4 Å². The van der Waals surface area contributed by atoms with Gasteiger partial charge in [-0.2, -0.15) is 10.1 Å². The van der Waals surface area contributed by atoms with Crippen molar-refractivity contribution in [2.45, 2.75) is 64.9 Å². The molecule has 2 saturated heterocycles. The van der Waals surface area contributed by atoms with Crippen LogP contribution in [0.15, 0.2) is 91.0 Å². The monoisotopic (exact) mass is 752 g/mol. The van der Waals surface area contributed by atoms with E-state index in [4.69, 9.17) is 24.3 Å². The molecule has 12 heteroatoms. The van der Waals surface area contributed by atoms with E-state index in [9.17, 15) is 4.79 Å². The molecule has 0 aliphatic carbocycles. The highest BCUT2D eigenvalue weighted by molar-refractivity contribution is 5.96. The quantitative estimate of drug-likeness (QED) is 0.141. The third-order valence-electron chi connectivity index (χ3n) is 10.4. The Kier molecular flexibility index (Phi) is 11.0. The molecule has 290 valence electrons. The van der Waals surface area contributed by atoms with E-state index < -0.39 is 17.4 Å². The summed E-state index contributed by atoms with van der Waals surface area (Å²) in [6, 6.07) is 29.2. The Morgan fingerprint density at radius 1 is 0.891 bits per heavy atom. The first-order valence-electron chi connectivity index (χ1n) is 19.0. The summed E-state index contributed by atoms with van der Waals surface area (Å²) in [6.45, 7) is 10.1. The van der Waals surface area contributed by atoms with Gasteiger partial charge < -0.3 is 24.0 Å². The molecule has 0 spiro atoms. The van der Waals surface area contributed by atoms with Crippen LogP contribution in [0.2, 0.25) is 0 Å². The summed E-state index contributed by atoms with van der Waals surface area (Å²) in [4.78, 5) is 22.9. The van der Waals surface area contributed by atoms with Crippen molar-refractivity contribution in [3.63, 3.8) is 0 Å². The number of hydrogen-bond donors (Lipinski definition) is 0. The van der Waals surface area contributed by atoms with Crippen molar-refractivity contribution in [2.24, 2.45) is 13.0 Å². The first kappa shape index (κ1) is 38.1. The topological polar surface area (TPSA) is 85.2 Å². The summed E-state index contributed by atoms with van der Waals surface area (Å²) in [5.74, 6) is -2.86. The lowest BCUT2D eigenvalue weighted by molar-refractivity contribution is -0.0828. The van der Waals surface area contributed by atoms with Crippen molar-refractivity contribution in [2.75, 3.05) is 44.2 Å². The van der Waals surface area contributed by atoms with Gasteiger partial charge in [0.05, 0.1) is 17.6 Å².